The third-order valence-electron chi connectivity index (χ3n) is 2.81. The molecule has 2 rings (SSSR count). The van der Waals surface area contributed by atoms with Crippen LogP contribution in [0.3, 0.4) is 0 Å². The van der Waals surface area contributed by atoms with Gasteiger partial charge >= 0.3 is 0 Å². The van der Waals surface area contributed by atoms with Gasteiger partial charge in [0.15, 0.2) is 0 Å². The van der Waals surface area contributed by atoms with Crippen LogP contribution in [0.4, 0.5) is 11.4 Å². The van der Waals surface area contributed by atoms with Crippen molar-refractivity contribution in [1.29, 1.82) is 0 Å². The second-order valence-corrected chi connectivity index (χ2v) is 4.74. The highest BCUT2D eigenvalue weighted by Crippen LogP contribution is 2.24. The highest BCUT2D eigenvalue weighted by molar-refractivity contribution is 6.30. The second kappa shape index (κ2) is 6.30. The van der Waals surface area contributed by atoms with Crippen LogP contribution in [-0.2, 0) is 11.2 Å². The summed E-state index contributed by atoms with van der Waals surface area (Å²) in [5, 5.41) is 3.42. The first-order valence-corrected chi connectivity index (χ1v) is 6.44. The first-order chi connectivity index (χ1) is 9.58. The Bertz CT molecular complexity index is 612. The molecule has 0 saturated heterocycles. The molecule has 1 amide bonds. The Morgan fingerprint density at radius 3 is 2.55 bits per heavy atom. The minimum Gasteiger partial charge on any atom is -0.497 e. The Labute approximate surface area is 122 Å². The number of halogens is 1. The van der Waals surface area contributed by atoms with Crippen LogP contribution in [0.2, 0.25) is 5.02 Å². The standard InChI is InChI=1S/C15H15ClN2O2/c1-20-12-6-7-14(13(17)9-12)18-15(19)8-10-2-4-11(16)5-3-10/h2-7,9H,8,17H2,1H3,(H,18,19). The van der Waals surface area contributed by atoms with E-state index in [-0.39, 0.29) is 12.3 Å². The van der Waals surface area contributed by atoms with Crippen molar-refractivity contribution < 1.29 is 9.53 Å². The minimum absolute atomic E-state index is 0.135. The summed E-state index contributed by atoms with van der Waals surface area (Å²) in [5.41, 5.74) is 7.77. The molecule has 0 radical (unpaired) electrons. The summed E-state index contributed by atoms with van der Waals surface area (Å²) in [5.74, 6) is 0.516. The van der Waals surface area contributed by atoms with Gasteiger partial charge < -0.3 is 15.8 Å². The van der Waals surface area contributed by atoms with E-state index in [1.165, 1.54) is 0 Å². The third-order valence-corrected chi connectivity index (χ3v) is 3.06. The lowest BCUT2D eigenvalue weighted by Crippen LogP contribution is -2.15. The van der Waals surface area contributed by atoms with Crippen molar-refractivity contribution in [2.45, 2.75) is 6.42 Å². The molecule has 0 atom stereocenters. The minimum atomic E-state index is -0.135. The van der Waals surface area contributed by atoms with Gasteiger partial charge in [0.1, 0.15) is 5.75 Å². The van der Waals surface area contributed by atoms with Crippen LogP contribution in [0, 0.1) is 0 Å². The van der Waals surface area contributed by atoms with Crippen molar-refractivity contribution >= 4 is 28.9 Å². The summed E-state index contributed by atoms with van der Waals surface area (Å²) in [6.07, 6.45) is 0.267. The lowest BCUT2D eigenvalue weighted by Gasteiger charge is -2.09. The topological polar surface area (TPSA) is 64.3 Å². The molecule has 3 N–H and O–H groups in total. The maximum atomic E-state index is 11.9. The number of hydrogen-bond acceptors (Lipinski definition) is 3. The molecule has 104 valence electrons. The van der Waals surface area contributed by atoms with E-state index in [0.717, 1.165) is 5.56 Å². The van der Waals surface area contributed by atoms with Gasteiger partial charge in [-0.05, 0) is 29.8 Å². The Balaban J connectivity index is 2.02. The van der Waals surface area contributed by atoms with E-state index < -0.39 is 0 Å². The second-order valence-electron chi connectivity index (χ2n) is 4.30. The van der Waals surface area contributed by atoms with E-state index in [1.54, 1.807) is 37.4 Å². The number of benzene rings is 2. The zero-order valence-electron chi connectivity index (χ0n) is 11.0. The number of hydrogen-bond donors (Lipinski definition) is 2. The van der Waals surface area contributed by atoms with E-state index >= 15 is 0 Å². The van der Waals surface area contributed by atoms with Crippen molar-refractivity contribution in [2.24, 2.45) is 0 Å². The van der Waals surface area contributed by atoms with Gasteiger partial charge in [0, 0.05) is 11.1 Å². The van der Waals surface area contributed by atoms with E-state index in [1.807, 2.05) is 12.1 Å². The number of carbonyl (C=O) groups excluding carboxylic acids is 1. The number of rotatable bonds is 4. The van der Waals surface area contributed by atoms with Gasteiger partial charge in [-0.3, -0.25) is 4.79 Å². The summed E-state index contributed by atoms with van der Waals surface area (Å²) >= 11 is 5.80. The van der Waals surface area contributed by atoms with Gasteiger partial charge in [-0.2, -0.15) is 0 Å². The molecule has 0 heterocycles. The Kier molecular flexibility index (Phi) is 4.48. The number of amides is 1. The lowest BCUT2D eigenvalue weighted by molar-refractivity contribution is -0.115. The SMILES string of the molecule is COc1ccc(NC(=O)Cc2ccc(Cl)cc2)c(N)c1. The predicted molar refractivity (Wildman–Crippen MR) is 81.2 cm³/mol. The number of nitrogens with two attached hydrogens (primary N) is 1. The Morgan fingerprint density at radius 2 is 1.95 bits per heavy atom. The number of nitrogens with one attached hydrogen (secondary N) is 1. The molecule has 0 fully saturated rings. The first kappa shape index (κ1) is 14.2. The lowest BCUT2D eigenvalue weighted by atomic mass is 10.1. The number of anilines is 2. The van der Waals surface area contributed by atoms with Crippen molar-refractivity contribution in [3.05, 3.63) is 53.1 Å². The fourth-order valence-corrected chi connectivity index (χ4v) is 1.89. The fraction of sp³-hybridized carbons (Fsp3) is 0.133. The molecule has 0 bridgehead atoms. The highest BCUT2D eigenvalue weighted by Gasteiger charge is 2.07. The number of carbonyl (C=O) groups is 1. The molecule has 0 spiro atoms. The van der Waals surface area contributed by atoms with Crippen molar-refractivity contribution in [2.75, 3.05) is 18.2 Å². The molecule has 0 aromatic heterocycles. The van der Waals surface area contributed by atoms with Crippen molar-refractivity contribution in [3.8, 4) is 5.75 Å². The highest BCUT2D eigenvalue weighted by atomic mass is 35.5. The van der Waals surface area contributed by atoms with Gasteiger partial charge in [-0.1, -0.05) is 23.7 Å². The predicted octanol–water partition coefficient (Wildman–Crippen LogP) is 3.11. The molecule has 0 aliphatic carbocycles. The van der Waals surface area contributed by atoms with Crippen LogP contribution < -0.4 is 15.8 Å². The zero-order valence-corrected chi connectivity index (χ0v) is 11.8. The van der Waals surface area contributed by atoms with E-state index in [2.05, 4.69) is 5.32 Å². The monoisotopic (exact) mass is 290 g/mol. The van der Waals surface area contributed by atoms with Crippen LogP contribution >= 0.6 is 11.6 Å². The number of methoxy groups -OCH3 is 1. The normalized spacial score (nSPS) is 10.1. The number of nitrogen functional groups attached to an aromatic ring is 1. The van der Waals surface area contributed by atoms with E-state index in [4.69, 9.17) is 22.1 Å². The van der Waals surface area contributed by atoms with Gasteiger partial charge in [-0.25, -0.2) is 0 Å². The van der Waals surface area contributed by atoms with Crippen LogP contribution in [0.5, 0.6) is 5.75 Å². The molecular weight excluding hydrogens is 276 g/mol. The van der Waals surface area contributed by atoms with Crippen LogP contribution in [0.1, 0.15) is 5.56 Å². The van der Waals surface area contributed by atoms with Crippen molar-refractivity contribution in [1.82, 2.24) is 0 Å². The Hall–Kier alpha value is -2.20. The molecule has 0 unspecified atom stereocenters. The molecule has 0 saturated carbocycles. The fourth-order valence-electron chi connectivity index (χ4n) is 1.76. The Morgan fingerprint density at radius 1 is 1.25 bits per heavy atom. The molecule has 0 aliphatic heterocycles. The maximum Gasteiger partial charge on any atom is 0.228 e. The molecule has 5 heteroatoms. The average molecular weight is 291 g/mol. The molecule has 20 heavy (non-hydrogen) atoms. The third kappa shape index (κ3) is 3.65. The molecule has 2 aromatic rings. The van der Waals surface area contributed by atoms with E-state index in [9.17, 15) is 4.79 Å². The maximum absolute atomic E-state index is 11.9. The van der Waals surface area contributed by atoms with E-state index in [0.29, 0.717) is 22.1 Å². The smallest absolute Gasteiger partial charge is 0.228 e. The summed E-state index contributed by atoms with van der Waals surface area (Å²) in [6.45, 7) is 0. The van der Waals surface area contributed by atoms with Crippen molar-refractivity contribution in [3.63, 3.8) is 0 Å². The average Bonchev–Trinajstić information content (AvgIpc) is 2.43. The van der Waals surface area contributed by atoms with Crippen LogP contribution in [0.25, 0.3) is 0 Å². The quantitative estimate of drug-likeness (QED) is 0.850. The van der Waals surface area contributed by atoms with Gasteiger partial charge in [0.05, 0.1) is 24.9 Å². The summed E-state index contributed by atoms with van der Waals surface area (Å²) in [7, 11) is 1.56. The molecule has 4 nitrogen and oxygen atoms in total. The van der Waals surface area contributed by atoms with Gasteiger partial charge in [-0.15, -0.1) is 0 Å². The van der Waals surface area contributed by atoms with Gasteiger partial charge in [0.2, 0.25) is 5.91 Å². The number of ether oxygens (including phenoxy) is 1. The summed E-state index contributed by atoms with van der Waals surface area (Å²) < 4.78 is 5.06. The van der Waals surface area contributed by atoms with Crippen LogP contribution in [0.15, 0.2) is 42.5 Å². The first-order valence-electron chi connectivity index (χ1n) is 6.06. The summed E-state index contributed by atoms with van der Waals surface area (Å²) in [4.78, 5) is 11.9. The summed E-state index contributed by atoms with van der Waals surface area (Å²) in [6, 6.07) is 12.3. The molecule has 2 aromatic carbocycles. The largest absolute Gasteiger partial charge is 0.497 e. The molecular formula is C15H15ClN2O2. The zero-order chi connectivity index (χ0) is 14.5. The van der Waals surface area contributed by atoms with Crippen LogP contribution in [-0.4, -0.2) is 13.0 Å². The molecule has 0 aliphatic rings. The van der Waals surface area contributed by atoms with Gasteiger partial charge in [0.25, 0.3) is 0 Å².